The predicted molar refractivity (Wildman–Crippen MR) is 118 cm³/mol. The van der Waals surface area contributed by atoms with E-state index in [1.165, 1.54) is 10.8 Å². The van der Waals surface area contributed by atoms with E-state index in [9.17, 15) is 9.59 Å². The number of esters is 1. The number of fused-ring (bicyclic) bond motifs is 3. The third kappa shape index (κ3) is 5.62. The predicted octanol–water partition coefficient (Wildman–Crippen LogP) is 2.50. The number of hydrogen-bond acceptors (Lipinski definition) is 8. The maximum atomic E-state index is 12.6. The van der Waals surface area contributed by atoms with Gasteiger partial charge >= 0.3 is 12.1 Å². The zero-order valence-electron chi connectivity index (χ0n) is 18.6. The number of nitrogens with one attached hydrogen (secondary N) is 1. The highest BCUT2D eigenvalue weighted by Crippen LogP contribution is 2.18. The average molecular weight is 451 g/mol. The van der Waals surface area contributed by atoms with Crippen molar-refractivity contribution in [3.05, 3.63) is 54.5 Å². The van der Waals surface area contributed by atoms with Crippen molar-refractivity contribution in [1.82, 2.24) is 34.9 Å². The van der Waals surface area contributed by atoms with Gasteiger partial charge in [0.2, 0.25) is 0 Å². The van der Waals surface area contributed by atoms with Crippen LogP contribution < -0.4 is 5.32 Å². The topological polar surface area (TPSA) is 126 Å². The molecule has 33 heavy (non-hydrogen) atoms. The Hall–Kier alpha value is -4.02. The number of carbonyl (C=O) groups is 2. The van der Waals surface area contributed by atoms with Gasteiger partial charge < -0.3 is 19.4 Å². The normalized spacial score (nSPS) is 12.6. The second-order valence-electron chi connectivity index (χ2n) is 8.59. The van der Waals surface area contributed by atoms with Crippen molar-refractivity contribution in [3.8, 4) is 0 Å². The van der Waals surface area contributed by atoms with Crippen molar-refractivity contribution in [2.45, 2.75) is 52.0 Å². The first kappa shape index (κ1) is 22.2. The summed E-state index contributed by atoms with van der Waals surface area (Å²) in [6.45, 7) is 5.75. The number of rotatable bonds is 7. The van der Waals surface area contributed by atoms with E-state index >= 15 is 0 Å². The van der Waals surface area contributed by atoms with Gasteiger partial charge in [0, 0.05) is 12.7 Å². The fraction of sp³-hybridized carbons (Fsp3) is 0.364. The highest BCUT2D eigenvalue weighted by Gasteiger charge is 2.23. The van der Waals surface area contributed by atoms with E-state index in [1.807, 2.05) is 47.2 Å². The lowest BCUT2D eigenvalue weighted by Crippen LogP contribution is -2.42. The monoisotopic (exact) mass is 451 g/mol. The summed E-state index contributed by atoms with van der Waals surface area (Å²) in [4.78, 5) is 29.4. The summed E-state index contributed by atoms with van der Waals surface area (Å²) < 4.78 is 14.1. The van der Waals surface area contributed by atoms with Gasteiger partial charge in [0.1, 0.15) is 24.2 Å². The van der Waals surface area contributed by atoms with Crippen LogP contribution in [-0.2, 0) is 27.4 Å². The summed E-state index contributed by atoms with van der Waals surface area (Å²) in [5.41, 5.74) is 1.41. The number of benzene rings is 1. The van der Waals surface area contributed by atoms with Crippen molar-refractivity contribution in [3.63, 3.8) is 0 Å². The lowest BCUT2D eigenvalue weighted by Gasteiger charge is -2.23. The summed E-state index contributed by atoms with van der Waals surface area (Å²) >= 11 is 0. The number of carbonyl (C=O) groups excluding carboxylic acids is 2. The minimum Gasteiger partial charge on any atom is -0.461 e. The Labute approximate surface area is 189 Å². The Balaban J connectivity index is 1.50. The van der Waals surface area contributed by atoms with E-state index in [0.29, 0.717) is 11.3 Å². The summed E-state index contributed by atoms with van der Waals surface area (Å²) in [5.74, 6) is -0.437. The van der Waals surface area contributed by atoms with Crippen LogP contribution in [0.5, 0.6) is 0 Å². The molecule has 0 saturated carbocycles. The van der Waals surface area contributed by atoms with E-state index in [0.717, 1.165) is 10.9 Å². The molecule has 0 bridgehead atoms. The molecule has 0 fully saturated rings. The van der Waals surface area contributed by atoms with Crippen molar-refractivity contribution in [2.75, 3.05) is 0 Å². The van der Waals surface area contributed by atoms with Crippen LogP contribution in [0.1, 0.15) is 32.8 Å². The smallest absolute Gasteiger partial charge is 0.407 e. The summed E-state index contributed by atoms with van der Waals surface area (Å²) in [5, 5.41) is 15.1. The molecule has 0 spiro atoms. The van der Waals surface area contributed by atoms with Crippen LogP contribution in [0.4, 0.5) is 4.79 Å². The van der Waals surface area contributed by atoms with Gasteiger partial charge in [0.05, 0.1) is 17.8 Å². The Morgan fingerprint density at radius 2 is 1.91 bits per heavy atom. The van der Waals surface area contributed by atoms with Gasteiger partial charge in [-0.25, -0.2) is 9.78 Å². The molecule has 0 aliphatic carbocycles. The number of hydrogen-bond donors (Lipinski definition) is 1. The molecular weight excluding hydrogens is 426 g/mol. The molecule has 3 aromatic heterocycles. The molecule has 1 aromatic carbocycles. The van der Waals surface area contributed by atoms with Gasteiger partial charge in [-0.3, -0.25) is 4.79 Å². The highest BCUT2D eigenvalue weighted by atomic mass is 16.6. The quantitative estimate of drug-likeness (QED) is 0.425. The van der Waals surface area contributed by atoms with Gasteiger partial charge in [-0.2, -0.15) is 4.52 Å². The minimum absolute atomic E-state index is 0.0412. The van der Waals surface area contributed by atoms with E-state index < -0.39 is 23.7 Å². The van der Waals surface area contributed by atoms with E-state index in [-0.39, 0.29) is 19.6 Å². The first-order chi connectivity index (χ1) is 15.8. The number of ether oxygens (including phenoxy) is 2. The Morgan fingerprint density at radius 3 is 2.67 bits per heavy atom. The van der Waals surface area contributed by atoms with E-state index in [4.69, 9.17) is 9.47 Å². The Morgan fingerprint density at radius 1 is 1.12 bits per heavy atom. The van der Waals surface area contributed by atoms with Gasteiger partial charge in [-0.05, 0) is 42.8 Å². The molecular formula is C22H25N7O4. The summed E-state index contributed by atoms with van der Waals surface area (Å²) in [6.07, 6.45) is 2.67. The van der Waals surface area contributed by atoms with Gasteiger partial charge in [-0.1, -0.05) is 30.3 Å². The molecule has 4 aromatic rings. The molecule has 1 amide bonds. The second kappa shape index (κ2) is 9.23. The zero-order valence-corrected chi connectivity index (χ0v) is 18.6. The maximum absolute atomic E-state index is 12.6. The van der Waals surface area contributed by atoms with E-state index in [1.54, 1.807) is 20.8 Å². The lowest BCUT2D eigenvalue weighted by atomic mass is 10.2. The molecule has 1 N–H and O–H groups in total. The maximum Gasteiger partial charge on any atom is 0.407 e. The second-order valence-corrected chi connectivity index (χ2v) is 8.59. The number of nitrogens with zero attached hydrogens (tertiary/aromatic N) is 6. The van der Waals surface area contributed by atoms with Gasteiger partial charge in [0.25, 0.3) is 0 Å². The Bertz CT molecular complexity index is 1260. The molecule has 0 aliphatic heterocycles. The lowest BCUT2D eigenvalue weighted by molar-refractivity contribution is -0.145. The molecule has 0 unspecified atom stereocenters. The number of aromatic nitrogens is 6. The van der Waals surface area contributed by atoms with Crippen LogP contribution in [0, 0.1) is 0 Å². The SMILES string of the molecule is CC(C)(C)OC(=O)N[C@H](CC(=O)OCc1ccccc1)Cn1ccc2c1ncn1nnnc21. The molecule has 11 heteroatoms. The zero-order chi connectivity index (χ0) is 23.4. The van der Waals surface area contributed by atoms with Crippen molar-refractivity contribution < 1.29 is 19.1 Å². The third-order valence-electron chi connectivity index (χ3n) is 4.75. The largest absolute Gasteiger partial charge is 0.461 e. The fourth-order valence-corrected chi connectivity index (χ4v) is 3.36. The standard InChI is InChI=1S/C22H25N7O4/c1-22(2,3)33-21(31)24-16(11-18(30)32-13-15-7-5-4-6-8-15)12-28-10-9-17-19(28)23-14-29-20(17)25-26-27-29/h4-10,14,16H,11-13H2,1-3H3,(H,24,31)/t16-/m1/s1. The van der Waals surface area contributed by atoms with E-state index in [2.05, 4.69) is 25.8 Å². The van der Waals surface area contributed by atoms with Crippen molar-refractivity contribution in [2.24, 2.45) is 0 Å². The van der Waals surface area contributed by atoms with Crippen LogP contribution >= 0.6 is 0 Å². The van der Waals surface area contributed by atoms with Crippen LogP contribution in [-0.4, -0.2) is 53.3 Å². The molecule has 1 atom stereocenters. The number of alkyl carbamates (subject to hydrolysis) is 1. The molecule has 4 rings (SSSR count). The molecule has 172 valence electrons. The third-order valence-corrected chi connectivity index (χ3v) is 4.75. The first-order valence-corrected chi connectivity index (χ1v) is 10.5. The van der Waals surface area contributed by atoms with Crippen LogP contribution in [0.15, 0.2) is 48.9 Å². The van der Waals surface area contributed by atoms with Gasteiger partial charge in [0.15, 0.2) is 5.65 Å². The molecule has 0 radical (unpaired) electrons. The fourth-order valence-electron chi connectivity index (χ4n) is 3.36. The van der Waals surface area contributed by atoms with Crippen LogP contribution in [0.25, 0.3) is 16.7 Å². The summed E-state index contributed by atoms with van der Waals surface area (Å²) in [6, 6.07) is 10.7. The van der Waals surface area contributed by atoms with Crippen molar-refractivity contribution in [1.29, 1.82) is 0 Å². The van der Waals surface area contributed by atoms with Crippen LogP contribution in [0.3, 0.4) is 0 Å². The Kier molecular flexibility index (Phi) is 6.20. The first-order valence-electron chi connectivity index (χ1n) is 10.5. The minimum atomic E-state index is -0.670. The molecule has 0 aliphatic rings. The molecule has 0 saturated heterocycles. The van der Waals surface area contributed by atoms with Gasteiger partial charge in [-0.15, -0.1) is 5.10 Å². The molecule has 11 nitrogen and oxygen atoms in total. The average Bonchev–Trinajstić information content (AvgIpc) is 3.38. The number of tetrazole rings is 1. The van der Waals surface area contributed by atoms with Crippen LogP contribution in [0.2, 0.25) is 0 Å². The highest BCUT2D eigenvalue weighted by molar-refractivity contribution is 5.89. The number of amides is 1. The summed E-state index contributed by atoms with van der Waals surface area (Å²) in [7, 11) is 0. The van der Waals surface area contributed by atoms with Crippen molar-refractivity contribution >= 4 is 28.7 Å². The molecule has 3 heterocycles.